The van der Waals surface area contributed by atoms with E-state index in [1.807, 2.05) is 24.3 Å². The van der Waals surface area contributed by atoms with Gasteiger partial charge in [0, 0.05) is 41.5 Å². The molecule has 0 saturated carbocycles. The van der Waals surface area contributed by atoms with Gasteiger partial charge in [0.25, 0.3) is 5.91 Å². The number of hydrogen-bond acceptors (Lipinski definition) is 3. The molecule has 1 amide bonds. The fourth-order valence-electron chi connectivity index (χ4n) is 4.15. The third-order valence-electron chi connectivity index (χ3n) is 5.62. The third-order valence-corrected chi connectivity index (χ3v) is 5.62. The van der Waals surface area contributed by atoms with E-state index >= 15 is 0 Å². The molecule has 0 bridgehead atoms. The van der Waals surface area contributed by atoms with Crippen LogP contribution in [0.5, 0.6) is 0 Å². The van der Waals surface area contributed by atoms with Crippen molar-refractivity contribution >= 4 is 22.5 Å². The van der Waals surface area contributed by atoms with E-state index in [1.54, 1.807) is 24.5 Å². The highest BCUT2D eigenvalue weighted by Gasteiger charge is 2.19. The summed E-state index contributed by atoms with van der Waals surface area (Å²) in [6.07, 6.45) is 5.66. The molecule has 1 N–H and O–H groups in total. The van der Waals surface area contributed by atoms with Gasteiger partial charge in [-0.05, 0) is 79.9 Å². The molecule has 2 aromatic heterocycles. The lowest BCUT2D eigenvalue weighted by Gasteiger charge is -2.12. The molecule has 1 saturated heterocycles. The largest absolute Gasteiger partial charge is 0.374 e. The minimum atomic E-state index is -0.167. The molecule has 2 aromatic carbocycles. The van der Waals surface area contributed by atoms with E-state index < -0.39 is 0 Å². The van der Waals surface area contributed by atoms with Crippen LogP contribution in [0.2, 0.25) is 0 Å². The standard InChI is InChI=1S/C25H23N3O2/c1-17-14-20-15-18(24-5-3-13-30-24)6-11-23(20)28(17)22-9-7-21(8-10-22)27-25(29)19-4-2-12-26-16-19/h2,4,6-12,14-16,24H,3,5,13H2,1H3,(H,27,29). The number of carbonyl (C=O) groups excluding carboxylic acids is 1. The number of aryl methyl sites for hydroxylation is 1. The van der Waals surface area contributed by atoms with Gasteiger partial charge in [-0.3, -0.25) is 9.78 Å². The highest BCUT2D eigenvalue weighted by atomic mass is 16.5. The van der Waals surface area contributed by atoms with Crippen molar-refractivity contribution in [1.29, 1.82) is 0 Å². The van der Waals surface area contributed by atoms with Crippen molar-refractivity contribution in [1.82, 2.24) is 9.55 Å². The smallest absolute Gasteiger partial charge is 0.257 e. The molecule has 1 fully saturated rings. The molecule has 5 nitrogen and oxygen atoms in total. The summed E-state index contributed by atoms with van der Waals surface area (Å²) in [5.74, 6) is -0.167. The van der Waals surface area contributed by atoms with Crippen LogP contribution in [-0.4, -0.2) is 22.1 Å². The molecule has 5 heteroatoms. The Morgan fingerprint density at radius 1 is 1.13 bits per heavy atom. The van der Waals surface area contributed by atoms with Crippen LogP contribution in [0.4, 0.5) is 5.69 Å². The fourth-order valence-corrected chi connectivity index (χ4v) is 4.15. The normalized spacial score (nSPS) is 16.1. The minimum Gasteiger partial charge on any atom is -0.374 e. The number of ether oxygens (including phenoxy) is 1. The number of fused-ring (bicyclic) bond motifs is 1. The summed E-state index contributed by atoms with van der Waals surface area (Å²) in [4.78, 5) is 16.3. The Morgan fingerprint density at radius 3 is 2.73 bits per heavy atom. The van der Waals surface area contributed by atoms with Gasteiger partial charge in [0.05, 0.1) is 17.2 Å². The van der Waals surface area contributed by atoms with E-state index in [-0.39, 0.29) is 12.0 Å². The van der Waals surface area contributed by atoms with E-state index in [1.165, 1.54) is 22.2 Å². The zero-order valence-corrected chi connectivity index (χ0v) is 16.8. The van der Waals surface area contributed by atoms with E-state index in [9.17, 15) is 4.79 Å². The van der Waals surface area contributed by atoms with Crippen molar-refractivity contribution in [2.24, 2.45) is 0 Å². The van der Waals surface area contributed by atoms with Crippen LogP contribution in [-0.2, 0) is 4.74 Å². The zero-order valence-electron chi connectivity index (χ0n) is 16.8. The lowest BCUT2D eigenvalue weighted by Crippen LogP contribution is -2.12. The second-order valence-electron chi connectivity index (χ2n) is 7.68. The minimum absolute atomic E-state index is 0.167. The van der Waals surface area contributed by atoms with Crippen LogP contribution in [0.15, 0.2) is 73.1 Å². The maximum atomic E-state index is 12.3. The topological polar surface area (TPSA) is 56.1 Å². The van der Waals surface area contributed by atoms with Crippen molar-refractivity contribution < 1.29 is 9.53 Å². The number of benzene rings is 2. The Balaban J connectivity index is 1.41. The number of carbonyl (C=O) groups is 1. The van der Waals surface area contributed by atoms with Crippen molar-refractivity contribution in [2.45, 2.75) is 25.9 Å². The number of aromatic nitrogens is 2. The van der Waals surface area contributed by atoms with E-state index in [0.717, 1.165) is 30.8 Å². The van der Waals surface area contributed by atoms with Crippen LogP contribution < -0.4 is 5.32 Å². The highest BCUT2D eigenvalue weighted by molar-refractivity contribution is 6.04. The molecule has 0 spiro atoms. The van der Waals surface area contributed by atoms with E-state index in [0.29, 0.717) is 5.56 Å². The first kappa shape index (κ1) is 18.6. The first-order valence-corrected chi connectivity index (χ1v) is 10.2. The van der Waals surface area contributed by atoms with E-state index in [2.05, 4.69) is 46.1 Å². The average Bonchev–Trinajstić information content (AvgIpc) is 3.42. The van der Waals surface area contributed by atoms with Crippen LogP contribution in [0.25, 0.3) is 16.6 Å². The molecule has 0 radical (unpaired) electrons. The second kappa shape index (κ2) is 7.76. The number of pyridine rings is 1. The van der Waals surface area contributed by atoms with Gasteiger partial charge in [0.2, 0.25) is 0 Å². The van der Waals surface area contributed by atoms with E-state index in [4.69, 9.17) is 4.74 Å². The fraction of sp³-hybridized carbons (Fsp3) is 0.200. The van der Waals surface area contributed by atoms with Gasteiger partial charge < -0.3 is 14.6 Å². The molecule has 4 aromatic rings. The Kier molecular flexibility index (Phi) is 4.81. The first-order valence-electron chi connectivity index (χ1n) is 10.2. The summed E-state index contributed by atoms with van der Waals surface area (Å²) in [5, 5.41) is 4.14. The molecular weight excluding hydrogens is 374 g/mol. The van der Waals surface area contributed by atoms with Crippen molar-refractivity contribution in [3.63, 3.8) is 0 Å². The SMILES string of the molecule is Cc1cc2cc(C3CCCO3)ccc2n1-c1ccc(NC(=O)c2cccnc2)cc1. The van der Waals surface area contributed by atoms with Gasteiger partial charge in [0.1, 0.15) is 0 Å². The predicted octanol–water partition coefficient (Wildman–Crippen LogP) is 5.44. The second-order valence-corrected chi connectivity index (χ2v) is 7.68. The molecule has 3 heterocycles. The quantitative estimate of drug-likeness (QED) is 0.499. The number of amides is 1. The van der Waals surface area contributed by atoms with Crippen LogP contribution in [0, 0.1) is 6.92 Å². The monoisotopic (exact) mass is 397 g/mol. The van der Waals surface area contributed by atoms with Gasteiger partial charge in [-0.2, -0.15) is 0 Å². The van der Waals surface area contributed by atoms with Crippen molar-refractivity contribution in [2.75, 3.05) is 11.9 Å². The predicted molar refractivity (Wildman–Crippen MR) is 118 cm³/mol. The molecular formula is C25H23N3O2. The summed E-state index contributed by atoms with van der Waals surface area (Å²) in [7, 11) is 0. The molecule has 1 atom stereocenters. The Hall–Kier alpha value is -3.44. The van der Waals surface area contributed by atoms with Crippen LogP contribution in [0.3, 0.4) is 0 Å². The summed E-state index contributed by atoms with van der Waals surface area (Å²) >= 11 is 0. The Labute approximate surface area is 175 Å². The van der Waals surface area contributed by atoms with Crippen molar-refractivity contribution in [3.8, 4) is 5.69 Å². The maximum Gasteiger partial charge on any atom is 0.257 e. The first-order chi connectivity index (χ1) is 14.7. The Bertz CT molecular complexity index is 1190. The molecule has 0 aliphatic carbocycles. The lowest BCUT2D eigenvalue weighted by atomic mass is 10.0. The number of nitrogens with zero attached hydrogens (tertiary/aromatic N) is 2. The van der Waals surface area contributed by atoms with Gasteiger partial charge in [0.15, 0.2) is 0 Å². The van der Waals surface area contributed by atoms with Crippen LogP contribution in [0.1, 0.15) is 40.6 Å². The van der Waals surface area contributed by atoms with Gasteiger partial charge in [-0.25, -0.2) is 0 Å². The van der Waals surface area contributed by atoms with Crippen LogP contribution >= 0.6 is 0 Å². The lowest BCUT2D eigenvalue weighted by molar-refractivity contribution is 0.102. The number of anilines is 1. The maximum absolute atomic E-state index is 12.3. The highest BCUT2D eigenvalue weighted by Crippen LogP contribution is 2.32. The third kappa shape index (κ3) is 3.48. The molecule has 1 aliphatic heterocycles. The van der Waals surface area contributed by atoms with Gasteiger partial charge in [-0.15, -0.1) is 0 Å². The zero-order chi connectivity index (χ0) is 20.5. The average molecular weight is 397 g/mol. The molecule has 1 aliphatic rings. The summed E-state index contributed by atoms with van der Waals surface area (Å²) in [6, 6.07) is 20.2. The molecule has 5 rings (SSSR count). The number of hydrogen-bond donors (Lipinski definition) is 1. The van der Waals surface area contributed by atoms with Crippen molar-refractivity contribution in [3.05, 3.63) is 89.9 Å². The van der Waals surface area contributed by atoms with Gasteiger partial charge in [-0.1, -0.05) is 6.07 Å². The number of rotatable bonds is 4. The van der Waals surface area contributed by atoms with Gasteiger partial charge >= 0.3 is 0 Å². The summed E-state index contributed by atoms with van der Waals surface area (Å²) < 4.78 is 8.08. The summed E-state index contributed by atoms with van der Waals surface area (Å²) in [5.41, 5.74) is 5.94. The number of nitrogens with one attached hydrogen (secondary N) is 1. The Morgan fingerprint density at radius 2 is 2.00 bits per heavy atom. The summed E-state index contributed by atoms with van der Waals surface area (Å²) in [6.45, 7) is 2.97. The molecule has 30 heavy (non-hydrogen) atoms. The molecule has 1 unspecified atom stereocenters. The molecule has 150 valence electrons.